The topological polar surface area (TPSA) is 73.9 Å². The standard InChI is InChI=1S/C16H21NO5/c1-3-22-16(19)15(13-10-21-9-8-14(13)18)17-11-4-6-12(20-2)7-5-11/h4-7,13,15,17H,3,8-10H2,1-2H3/t13-,15+/m1/s1. The van der Waals surface area contributed by atoms with Crippen LogP contribution in [0.2, 0.25) is 0 Å². The average molecular weight is 307 g/mol. The summed E-state index contributed by atoms with van der Waals surface area (Å²) in [6.45, 7) is 2.64. The highest BCUT2D eigenvalue weighted by Crippen LogP contribution is 2.21. The Kier molecular flexibility index (Phi) is 5.77. The van der Waals surface area contributed by atoms with Gasteiger partial charge < -0.3 is 19.5 Å². The van der Waals surface area contributed by atoms with Crippen molar-refractivity contribution in [2.75, 3.05) is 32.2 Å². The van der Waals surface area contributed by atoms with Gasteiger partial charge in [-0.05, 0) is 31.2 Å². The van der Waals surface area contributed by atoms with E-state index in [-0.39, 0.29) is 19.0 Å². The molecule has 0 unspecified atom stereocenters. The molecule has 6 nitrogen and oxygen atoms in total. The lowest BCUT2D eigenvalue weighted by atomic mass is 9.92. The summed E-state index contributed by atoms with van der Waals surface area (Å²) in [6, 6.07) is 6.40. The second-order valence-corrected chi connectivity index (χ2v) is 5.00. The minimum atomic E-state index is -0.749. The van der Waals surface area contributed by atoms with Crippen molar-refractivity contribution in [3.8, 4) is 5.75 Å². The number of ketones is 1. The maximum absolute atomic E-state index is 12.2. The number of esters is 1. The van der Waals surface area contributed by atoms with Gasteiger partial charge in [-0.2, -0.15) is 0 Å². The first kappa shape index (κ1) is 16.3. The van der Waals surface area contributed by atoms with Crippen LogP contribution in [0.5, 0.6) is 5.75 Å². The average Bonchev–Trinajstić information content (AvgIpc) is 2.54. The molecular weight excluding hydrogens is 286 g/mol. The molecule has 1 aromatic rings. The maximum atomic E-state index is 12.2. The molecule has 0 bridgehead atoms. The third-order valence-corrected chi connectivity index (χ3v) is 3.56. The highest BCUT2D eigenvalue weighted by atomic mass is 16.5. The quantitative estimate of drug-likeness (QED) is 0.806. The van der Waals surface area contributed by atoms with Crippen molar-refractivity contribution < 1.29 is 23.8 Å². The fraction of sp³-hybridized carbons (Fsp3) is 0.500. The predicted octanol–water partition coefficient (Wildman–Crippen LogP) is 1.64. The smallest absolute Gasteiger partial charge is 0.329 e. The van der Waals surface area contributed by atoms with Crippen molar-refractivity contribution in [2.45, 2.75) is 19.4 Å². The molecule has 2 atom stereocenters. The molecule has 2 rings (SSSR count). The lowest BCUT2D eigenvalue weighted by molar-refractivity contribution is -0.150. The first-order valence-corrected chi connectivity index (χ1v) is 7.33. The molecule has 1 N–H and O–H groups in total. The van der Waals surface area contributed by atoms with Crippen LogP contribution in [-0.4, -0.2) is 44.7 Å². The first-order chi connectivity index (χ1) is 10.7. The van der Waals surface area contributed by atoms with Gasteiger partial charge in [0.05, 0.1) is 32.8 Å². The Morgan fingerprint density at radius 3 is 2.73 bits per heavy atom. The number of anilines is 1. The van der Waals surface area contributed by atoms with E-state index < -0.39 is 17.9 Å². The van der Waals surface area contributed by atoms with E-state index in [1.54, 1.807) is 38.3 Å². The number of methoxy groups -OCH3 is 1. The van der Waals surface area contributed by atoms with E-state index >= 15 is 0 Å². The van der Waals surface area contributed by atoms with Gasteiger partial charge in [0.2, 0.25) is 0 Å². The molecule has 22 heavy (non-hydrogen) atoms. The Balaban J connectivity index is 2.15. The van der Waals surface area contributed by atoms with Crippen LogP contribution in [0, 0.1) is 5.92 Å². The van der Waals surface area contributed by atoms with E-state index in [1.807, 2.05) is 0 Å². The van der Waals surface area contributed by atoms with Crippen molar-refractivity contribution in [1.29, 1.82) is 0 Å². The fourth-order valence-corrected chi connectivity index (χ4v) is 2.37. The zero-order valence-electron chi connectivity index (χ0n) is 12.8. The number of hydrogen-bond donors (Lipinski definition) is 1. The third-order valence-electron chi connectivity index (χ3n) is 3.56. The summed E-state index contributed by atoms with van der Waals surface area (Å²) in [6.07, 6.45) is 0.324. The van der Waals surface area contributed by atoms with Gasteiger partial charge in [-0.1, -0.05) is 0 Å². The molecular formula is C16H21NO5. The molecule has 1 aromatic carbocycles. The van der Waals surface area contributed by atoms with Gasteiger partial charge in [0.15, 0.2) is 0 Å². The van der Waals surface area contributed by atoms with Gasteiger partial charge in [-0.15, -0.1) is 0 Å². The lowest BCUT2D eigenvalue weighted by Crippen LogP contribution is -2.46. The van der Waals surface area contributed by atoms with Crippen molar-refractivity contribution in [2.24, 2.45) is 5.92 Å². The summed E-state index contributed by atoms with van der Waals surface area (Å²) in [5.41, 5.74) is 0.720. The first-order valence-electron chi connectivity index (χ1n) is 7.33. The highest BCUT2D eigenvalue weighted by molar-refractivity contribution is 5.91. The van der Waals surface area contributed by atoms with Crippen LogP contribution in [0.15, 0.2) is 24.3 Å². The Bertz CT molecular complexity index is 514. The normalized spacial score (nSPS) is 19.4. The molecule has 0 saturated carbocycles. The number of carbonyl (C=O) groups is 2. The molecule has 0 amide bonds. The SMILES string of the molecule is CCOC(=O)[C@@H](Nc1ccc(OC)cc1)[C@@H]1COCCC1=O. The van der Waals surface area contributed by atoms with Crippen molar-refractivity contribution in [3.05, 3.63) is 24.3 Å². The van der Waals surface area contributed by atoms with Gasteiger partial charge in [0.25, 0.3) is 0 Å². The molecule has 1 saturated heterocycles. The number of carbonyl (C=O) groups excluding carboxylic acids is 2. The summed E-state index contributed by atoms with van der Waals surface area (Å²) in [5, 5.41) is 3.08. The number of benzene rings is 1. The van der Waals surface area contributed by atoms with Crippen LogP contribution in [-0.2, 0) is 19.1 Å². The van der Waals surface area contributed by atoms with Crippen LogP contribution >= 0.6 is 0 Å². The van der Waals surface area contributed by atoms with E-state index in [4.69, 9.17) is 14.2 Å². The van der Waals surface area contributed by atoms with Crippen LogP contribution in [0.1, 0.15) is 13.3 Å². The summed E-state index contributed by atoms with van der Waals surface area (Å²) >= 11 is 0. The minimum Gasteiger partial charge on any atom is -0.497 e. The Labute approximate surface area is 129 Å². The predicted molar refractivity (Wildman–Crippen MR) is 81.0 cm³/mol. The van der Waals surface area contributed by atoms with Crippen molar-refractivity contribution >= 4 is 17.4 Å². The summed E-state index contributed by atoms with van der Waals surface area (Å²) in [5.74, 6) is -0.238. The summed E-state index contributed by atoms with van der Waals surface area (Å²) < 4.78 is 15.5. The van der Waals surface area contributed by atoms with E-state index in [1.165, 1.54) is 0 Å². The monoisotopic (exact) mass is 307 g/mol. The largest absolute Gasteiger partial charge is 0.497 e. The fourth-order valence-electron chi connectivity index (χ4n) is 2.37. The number of nitrogens with one attached hydrogen (secondary N) is 1. The van der Waals surface area contributed by atoms with Gasteiger partial charge in [-0.3, -0.25) is 4.79 Å². The zero-order valence-corrected chi connectivity index (χ0v) is 12.8. The van der Waals surface area contributed by atoms with Gasteiger partial charge in [0, 0.05) is 12.1 Å². The Hall–Kier alpha value is -2.08. The number of rotatable bonds is 6. The molecule has 1 heterocycles. The van der Waals surface area contributed by atoms with Crippen LogP contribution in [0.4, 0.5) is 5.69 Å². The van der Waals surface area contributed by atoms with E-state index in [0.29, 0.717) is 13.0 Å². The van der Waals surface area contributed by atoms with E-state index in [0.717, 1.165) is 11.4 Å². The Morgan fingerprint density at radius 1 is 1.41 bits per heavy atom. The molecule has 1 fully saturated rings. The molecule has 6 heteroatoms. The van der Waals surface area contributed by atoms with E-state index in [2.05, 4.69) is 5.32 Å². The second-order valence-electron chi connectivity index (χ2n) is 5.00. The molecule has 0 aliphatic carbocycles. The minimum absolute atomic E-state index is 0.0188. The summed E-state index contributed by atoms with van der Waals surface area (Å²) in [4.78, 5) is 24.3. The molecule has 120 valence electrons. The molecule has 0 aromatic heterocycles. The van der Waals surface area contributed by atoms with Gasteiger partial charge in [-0.25, -0.2) is 4.79 Å². The van der Waals surface area contributed by atoms with Crippen LogP contribution in [0.3, 0.4) is 0 Å². The van der Waals surface area contributed by atoms with Crippen molar-refractivity contribution in [1.82, 2.24) is 0 Å². The number of ether oxygens (including phenoxy) is 3. The molecule has 1 aliphatic rings. The number of hydrogen-bond acceptors (Lipinski definition) is 6. The van der Waals surface area contributed by atoms with Gasteiger partial charge in [0.1, 0.15) is 17.6 Å². The van der Waals surface area contributed by atoms with Crippen LogP contribution in [0.25, 0.3) is 0 Å². The van der Waals surface area contributed by atoms with E-state index in [9.17, 15) is 9.59 Å². The Morgan fingerprint density at radius 2 is 2.14 bits per heavy atom. The van der Waals surface area contributed by atoms with Crippen LogP contribution < -0.4 is 10.1 Å². The highest BCUT2D eigenvalue weighted by Gasteiger charge is 2.36. The summed E-state index contributed by atoms with van der Waals surface area (Å²) in [7, 11) is 1.59. The molecule has 1 aliphatic heterocycles. The second kappa shape index (κ2) is 7.79. The maximum Gasteiger partial charge on any atom is 0.329 e. The van der Waals surface area contributed by atoms with Crippen molar-refractivity contribution in [3.63, 3.8) is 0 Å². The van der Waals surface area contributed by atoms with Gasteiger partial charge >= 0.3 is 5.97 Å². The molecule has 0 spiro atoms. The lowest BCUT2D eigenvalue weighted by Gasteiger charge is -2.28. The third kappa shape index (κ3) is 3.98. The zero-order chi connectivity index (χ0) is 15.9. The molecule has 0 radical (unpaired) electrons. The number of Topliss-reactive ketones (excluding diaryl/α,β-unsaturated/α-hetero) is 1.